The highest BCUT2D eigenvalue weighted by molar-refractivity contribution is 6.05. The summed E-state index contributed by atoms with van der Waals surface area (Å²) in [5.41, 5.74) is 5.56. The molecule has 0 spiro atoms. The summed E-state index contributed by atoms with van der Waals surface area (Å²) >= 11 is 0. The Bertz CT molecular complexity index is 1910. The molecule has 1 saturated heterocycles. The van der Waals surface area contributed by atoms with Gasteiger partial charge in [-0.2, -0.15) is 13.2 Å². The van der Waals surface area contributed by atoms with Gasteiger partial charge in [-0.15, -0.1) is 0 Å². The summed E-state index contributed by atoms with van der Waals surface area (Å²) in [6, 6.07) is 20.3. The summed E-state index contributed by atoms with van der Waals surface area (Å²) in [5.74, 6) is -2.80. The lowest BCUT2D eigenvalue weighted by molar-refractivity contribution is -0.192. The van der Waals surface area contributed by atoms with Crippen molar-refractivity contribution in [2.24, 2.45) is 7.05 Å². The molecule has 0 unspecified atom stereocenters. The fourth-order valence-electron chi connectivity index (χ4n) is 5.07. The van der Waals surface area contributed by atoms with Crippen molar-refractivity contribution in [2.75, 3.05) is 36.8 Å². The van der Waals surface area contributed by atoms with Crippen LogP contribution < -0.4 is 21.5 Å². The van der Waals surface area contributed by atoms with E-state index < -0.39 is 12.1 Å². The molecule has 0 saturated carbocycles. The van der Waals surface area contributed by atoms with Gasteiger partial charge >= 0.3 is 12.1 Å². The maximum Gasteiger partial charge on any atom is 0.490 e. The number of halogens is 3. The number of carboxylic acid groups (broad SMARTS) is 1. The lowest BCUT2D eigenvalue weighted by atomic mass is 9.86. The largest absolute Gasteiger partial charge is 0.490 e. The molecule has 1 fully saturated rings. The van der Waals surface area contributed by atoms with Crippen molar-refractivity contribution in [3.8, 4) is 11.3 Å². The molecule has 14 heteroatoms. The molecule has 5 rings (SSSR count). The van der Waals surface area contributed by atoms with E-state index in [1.807, 2.05) is 54.3 Å². The SMILES string of the molecule is Cc1c(NC(=O)c2ccc(C(C)(C)C)cc2)cccc1-c1cn(C)c(=O)c(Nc2ccc(C(=O)N3CCNCC3)cc2)n1.O=C(O)C(F)(F)F. The summed E-state index contributed by atoms with van der Waals surface area (Å²) in [6.07, 6.45) is -3.40. The Kier molecular flexibility index (Phi) is 11.5. The predicted octanol–water partition coefficient (Wildman–Crippen LogP) is 5.73. The Hall–Kier alpha value is -5.50. The topological polar surface area (TPSA) is 146 Å². The number of carbonyl (C=O) groups is 3. The van der Waals surface area contributed by atoms with E-state index in [0.29, 0.717) is 41.3 Å². The molecule has 3 aromatic carbocycles. The van der Waals surface area contributed by atoms with E-state index in [-0.39, 0.29) is 28.6 Å². The number of nitrogens with zero attached hydrogens (tertiary/aromatic N) is 3. The summed E-state index contributed by atoms with van der Waals surface area (Å²) in [6.45, 7) is 11.3. The minimum atomic E-state index is -5.08. The van der Waals surface area contributed by atoms with Crippen LogP contribution in [0.1, 0.15) is 52.6 Å². The van der Waals surface area contributed by atoms with Gasteiger partial charge in [-0.3, -0.25) is 14.4 Å². The molecule has 50 heavy (non-hydrogen) atoms. The fraction of sp³-hybridized carbons (Fsp3) is 0.306. The van der Waals surface area contributed by atoms with Crippen LogP contribution in [0.3, 0.4) is 0 Å². The summed E-state index contributed by atoms with van der Waals surface area (Å²) < 4.78 is 33.2. The molecule has 4 aromatic rings. The van der Waals surface area contributed by atoms with Crippen LogP contribution in [0.15, 0.2) is 77.7 Å². The number of amides is 2. The number of aliphatic carboxylic acids is 1. The highest BCUT2D eigenvalue weighted by Crippen LogP contribution is 2.29. The standard InChI is InChI=1S/C34H38N6O3.C2HF3O2/c1-22-27(7-6-8-28(22)38-31(41)23-9-13-25(14-10-23)34(2,3)4)29-21-39(5)33(43)30(37-29)36-26-15-11-24(12-16-26)32(42)40-19-17-35-18-20-40;3-2(4,5)1(6)7/h6-16,21,35H,17-20H2,1-5H3,(H,36,37)(H,38,41);(H,6,7). The van der Waals surface area contributed by atoms with E-state index >= 15 is 0 Å². The van der Waals surface area contributed by atoms with Crippen LogP contribution in [0.25, 0.3) is 11.3 Å². The zero-order valence-electron chi connectivity index (χ0n) is 28.3. The summed E-state index contributed by atoms with van der Waals surface area (Å²) in [5, 5.41) is 16.5. The van der Waals surface area contributed by atoms with Crippen LogP contribution in [-0.2, 0) is 17.3 Å². The molecule has 2 heterocycles. The maximum absolute atomic E-state index is 13.1. The van der Waals surface area contributed by atoms with E-state index in [1.54, 1.807) is 37.5 Å². The van der Waals surface area contributed by atoms with Crippen LogP contribution in [0.5, 0.6) is 0 Å². The van der Waals surface area contributed by atoms with Crippen LogP contribution in [0.2, 0.25) is 0 Å². The monoisotopic (exact) mass is 692 g/mol. The van der Waals surface area contributed by atoms with Gasteiger partial charge in [0, 0.05) is 67.5 Å². The summed E-state index contributed by atoms with van der Waals surface area (Å²) in [4.78, 5) is 54.3. The number of benzene rings is 3. The highest BCUT2D eigenvalue weighted by Gasteiger charge is 2.38. The molecule has 0 radical (unpaired) electrons. The van der Waals surface area contributed by atoms with Crippen LogP contribution in [0, 0.1) is 6.92 Å². The van der Waals surface area contributed by atoms with Crippen molar-refractivity contribution in [2.45, 2.75) is 39.3 Å². The lowest BCUT2D eigenvalue weighted by Crippen LogP contribution is -2.46. The van der Waals surface area contributed by atoms with Gasteiger partial charge < -0.3 is 30.5 Å². The van der Waals surface area contributed by atoms with E-state index in [1.165, 1.54) is 4.57 Å². The van der Waals surface area contributed by atoms with Crippen molar-refractivity contribution in [3.63, 3.8) is 0 Å². The quantitative estimate of drug-likeness (QED) is 0.201. The first-order valence-corrected chi connectivity index (χ1v) is 15.7. The number of aromatic nitrogens is 2. The molecule has 1 aliphatic rings. The normalized spacial score (nSPS) is 13.2. The Morgan fingerprint density at radius 2 is 1.48 bits per heavy atom. The second kappa shape index (κ2) is 15.4. The molecule has 1 aliphatic heterocycles. The Labute approximate surface area is 287 Å². The van der Waals surface area contributed by atoms with Crippen LogP contribution in [0.4, 0.5) is 30.4 Å². The minimum absolute atomic E-state index is 0.00383. The number of alkyl halides is 3. The van der Waals surface area contributed by atoms with Crippen LogP contribution >= 0.6 is 0 Å². The van der Waals surface area contributed by atoms with Crippen molar-refractivity contribution >= 4 is 35.0 Å². The molecular weight excluding hydrogens is 653 g/mol. The molecule has 264 valence electrons. The number of anilines is 3. The molecule has 4 N–H and O–H groups in total. The number of hydrogen-bond donors (Lipinski definition) is 4. The van der Waals surface area contributed by atoms with Crippen molar-refractivity contribution < 1.29 is 32.7 Å². The van der Waals surface area contributed by atoms with Gasteiger partial charge in [0.25, 0.3) is 17.4 Å². The third-order valence-corrected chi connectivity index (χ3v) is 7.98. The number of carbonyl (C=O) groups excluding carboxylic acids is 2. The highest BCUT2D eigenvalue weighted by atomic mass is 19.4. The van der Waals surface area contributed by atoms with Crippen molar-refractivity contribution in [1.29, 1.82) is 0 Å². The Balaban J connectivity index is 0.000000727. The predicted molar refractivity (Wildman–Crippen MR) is 185 cm³/mol. The van der Waals surface area contributed by atoms with E-state index in [2.05, 4.69) is 41.7 Å². The number of aryl methyl sites for hydroxylation is 1. The molecule has 11 nitrogen and oxygen atoms in total. The number of nitrogens with one attached hydrogen (secondary N) is 3. The van der Waals surface area contributed by atoms with Gasteiger partial charge in [0.05, 0.1) is 5.69 Å². The first kappa shape index (κ1) is 37.3. The molecule has 1 aromatic heterocycles. The first-order valence-electron chi connectivity index (χ1n) is 15.7. The third-order valence-electron chi connectivity index (χ3n) is 7.98. The van der Waals surface area contributed by atoms with E-state index in [9.17, 15) is 27.6 Å². The lowest BCUT2D eigenvalue weighted by Gasteiger charge is -2.27. The minimum Gasteiger partial charge on any atom is -0.475 e. The molecule has 0 bridgehead atoms. The second-order valence-electron chi connectivity index (χ2n) is 12.7. The maximum atomic E-state index is 13.1. The third kappa shape index (κ3) is 9.35. The molecular formula is C36H39F3N6O5. The van der Waals surface area contributed by atoms with Gasteiger partial charge in [-0.25, -0.2) is 9.78 Å². The average molecular weight is 693 g/mol. The first-order chi connectivity index (χ1) is 23.5. The van der Waals surface area contributed by atoms with Crippen molar-refractivity contribution in [3.05, 3.63) is 106 Å². The number of rotatable bonds is 6. The smallest absolute Gasteiger partial charge is 0.475 e. The number of piperazine rings is 1. The van der Waals surface area contributed by atoms with Gasteiger partial charge in [0.15, 0.2) is 5.82 Å². The molecule has 2 amide bonds. The second-order valence-corrected chi connectivity index (χ2v) is 12.7. The summed E-state index contributed by atoms with van der Waals surface area (Å²) in [7, 11) is 1.68. The number of carboxylic acids is 1. The van der Waals surface area contributed by atoms with Gasteiger partial charge in [0.2, 0.25) is 0 Å². The Morgan fingerprint density at radius 1 is 0.900 bits per heavy atom. The molecule has 0 atom stereocenters. The van der Waals surface area contributed by atoms with Gasteiger partial charge in [-0.1, -0.05) is 45.0 Å². The Morgan fingerprint density at radius 3 is 2.04 bits per heavy atom. The van der Waals surface area contributed by atoms with Gasteiger partial charge in [0.1, 0.15) is 0 Å². The van der Waals surface area contributed by atoms with Gasteiger partial charge in [-0.05, 0) is 65.9 Å². The van der Waals surface area contributed by atoms with Crippen molar-refractivity contribution in [1.82, 2.24) is 19.8 Å². The zero-order chi connectivity index (χ0) is 36.8. The zero-order valence-corrected chi connectivity index (χ0v) is 28.3. The average Bonchev–Trinajstić information content (AvgIpc) is 3.07. The van der Waals surface area contributed by atoms with Crippen LogP contribution in [-0.4, -0.2) is 69.7 Å². The molecule has 0 aliphatic carbocycles. The number of hydrogen-bond acceptors (Lipinski definition) is 7. The fourth-order valence-corrected chi connectivity index (χ4v) is 5.07. The van der Waals surface area contributed by atoms with E-state index in [4.69, 9.17) is 9.90 Å². The van der Waals surface area contributed by atoms with E-state index in [0.717, 1.165) is 29.8 Å².